The zero-order chi connectivity index (χ0) is 21.6. The van der Waals surface area contributed by atoms with Gasteiger partial charge in [-0.15, -0.1) is 11.6 Å². The second-order valence-corrected chi connectivity index (χ2v) is 7.46. The average Bonchev–Trinajstić information content (AvgIpc) is 2.53. The summed E-state index contributed by atoms with van der Waals surface area (Å²) in [6.07, 6.45) is 0. The van der Waals surface area contributed by atoms with Gasteiger partial charge in [-0.1, -0.05) is 69.6 Å². The second-order valence-electron chi connectivity index (χ2n) is 4.69. The van der Waals surface area contributed by atoms with Crippen LogP contribution in [0.1, 0.15) is 20.7 Å². The normalized spacial score (nSPS) is 9.96. The first-order valence-corrected chi connectivity index (χ1v) is 9.61. The molecule has 0 saturated carbocycles. The van der Waals surface area contributed by atoms with Gasteiger partial charge in [-0.2, -0.15) is 0 Å². The summed E-state index contributed by atoms with van der Waals surface area (Å²) in [4.78, 5) is 33.4. The molecule has 0 heterocycles. The maximum Gasteiger partial charge on any atom is 0.349 e. The van der Waals surface area contributed by atoms with E-state index in [9.17, 15) is 14.4 Å². The molecule has 0 aliphatic carbocycles. The number of carbonyl (C=O) groups excluding carboxylic acids is 2. The smallest absolute Gasteiger partial charge is 0.349 e. The summed E-state index contributed by atoms with van der Waals surface area (Å²) in [6, 6.07) is 5.16. The molecule has 2 aromatic rings. The number of benzene rings is 2. The monoisotopic (exact) mass is 524 g/mol. The highest BCUT2D eigenvalue weighted by atomic mass is 35.5. The van der Waals surface area contributed by atoms with Gasteiger partial charge in [-0.3, -0.25) is 4.79 Å². The van der Waals surface area contributed by atoms with Crippen molar-refractivity contribution in [2.75, 3.05) is 5.88 Å². The van der Waals surface area contributed by atoms with Crippen LogP contribution in [0.25, 0.3) is 0 Å². The quantitative estimate of drug-likeness (QED) is 0.267. The van der Waals surface area contributed by atoms with E-state index in [1.165, 1.54) is 24.3 Å². The highest BCUT2D eigenvalue weighted by Gasteiger charge is 2.24. The number of alkyl halides is 1. The first-order chi connectivity index (χ1) is 13.0. The third-order valence-corrected chi connectivity index (χ3v) is 4.58. The molecule has 0 aromatic heterocycles. The van der Waals surface area contributed by atoms with Gasteiger partial charge in [0, 0.05) is 10.0 Å². The van der Waals surface area contributed by atoms with Crippen molar-refractivity contribution in [1.29, 1.82) is 0 Å². The standard InChI is InChI=1S/C14H4Cl6O3.C2H3ClO2/c15-5-1-7(17)11(8(18)2-5)13(21)23-14(22)12-9(19)3-6(16)4-10(12)20;3-1-2(4)5/h1-4H;1H2,(H,4,5). The molecule has 0 aliphatic heterocycles. The molecule has 1 N–H and O–H groups in total. The van der Waals surface area contributed by atoms with Crippen molar-refractivity contribution in [1.82, 2.24) is 0 Å². The van der Waals surface area contributed by atoms with E-state index >= 15 is 0 Å². The Hall–Kier alpha value is -0.920. The predicted octanol–water partition coefficient (Wildman–Crippen LogP) is 6.91. The lowest BCUT2D eigenvalue weighted by molar-refractivity contribution is -0.134. The van der Waals surface area contributed by atoms with E-state index in [0.717, 1.165) is 0 Å². The number of halogens is 7. The van der Waals surface area contributed by atoms with Crippen LogP contribution in [0, 0.1) is 0 Å². The number of hydrogen-bond donors (Lipinski definition) is 1. The number of ether oxygens (including phenoxy) is 1. The van der Waals surface area contributed by atoms with E-state index in [0.29, 0.717) is 0 Å². The van der Waals surface area contributed by atoms with Crippen LogP contribution in [0.2, 0.25) is 30.1 Å². The van der Waals surface area contributed by atoms with Gasteiger partial charge in [0.15, 0.2) is 0 Å². The van der Waals surface area contributed by atoms with Crippen molar-refractivity contribution in [2.24, 2.45) is 0 Å². The van der Waals surface area contributed by atoms with Crippen LogP contribution in [0.3, 0.4) is 0 Å². The van der Waals surface area contributed by atoms with Crippen LogP contribution in [0.15, 0.2) is 24.3 Å². The lowest BCUT2D eigenvalue weighted by Gasteiger charge is -2.09. The minimum Gasteiger partial charge on any atom is -0.480 e. The van der Waals surface area contributed by atoms with Gasteiger partial charge in [0.1, 0.15) is 5.88 Å². The van der Waals surface area contributed by atoms with Gasteiger partial charge in [-0.05, 0) is 24.3 Å². The zero-order valence-corrected chi connectivity index (χ0v) is 18.5. The zero-order valence-electron chi connectivity index (χ0n) is 13.2. The van der Waals surface area contributed by atoms with Crippen molar-refractivity contribution in [2.45, 2.75) is 0 Å². The Balaban J connectivity index is 0.000000696. The number of aliphatic carboxylic acids is 1. The van der Waals surface area contributed by atoms with E-state index in [-0.39, 0.29) is 47.1 Å². The summed E-state index contributed by atoms with van der Waals surface area (Å²) in [7, 11) is 0. The van der Waals surface area contributed by atoms with Crippen molar-refractivity contribution in [3.05, 3.63) is 65.5 Å². The fourth-order valence-corrected chi connectivity index (χ4v) is 3.60. The molecule has 150 valence electrons. The van der Waals surface area contributed by atoms with Crippen LogP contribution >= 0.6 is 81.2 Å². The van der Waals surface area contributed by atoms with E-state index < -0.39 is 17.9 Å². The molecule has 0 bridgehead atoms. The molecule has 2 aromatic carbocycles. The first-order valence-electron chi connectivity index (χ1n) is 6.81. The van der Waals surface area contributed by atoms with Crippen LogP contribution in [0.4, 0.5) is 0 Å². The summed E-state index contributed by atoms with van der Waals surface area (Å²) in [5, 5.41) is 7.80. The molecule has 0 saturated heterocycles. The minimum atomic E-state index is -1.07. The molecule has 0 spiro atoms. The summed E-state index contributed by atoms with van der Waals surface area (Å²) in [5.41, 5.74) is -0.403. The SMILES string of the molecule is O=C(O)CCl.O=C(OC(=O)c1c(Cl)cc(Cl)cc1Cl)c1c(Cl)cc(Cl)cc1Cl. The maximum absolute atomic E-state index is 12.1. The predicted molar refractivity (Wildman–Crippen MR) is 111 cm³/mol. The molecule has 0 aliphatic rings. The molecule has 0 fully saturated rings. The number of carbonyl (C=O) groups is 3. The van der Waals surface area contributed by atoms with Crippen LogP contribution in [-0.4, -0.2) is 28.9 Å². The first kappa shape index (κ1) is 25.1. The largest absolute Gasteiger partial charge is 0.480 e. The third kappa shape index (κ3) is 7.16. The van der Waals surface area contributed by atoms with Crippen molar-refractivity contribution in [3.63, 3.8) is 0 Å². The van der Waals surface area contributed by atoms with Crippen LogP contribution < -0.4 is 0 Å². The molecule has 0 atom stereocenters. The van der Waals surface area contributed by atoms with Crippen molar-refractivity contribution < 1.29 is 24.2 Å². The molecule has 2 rings (SSSR count). The maximum atomic E-state index is 12.1. The second kappa shape index (κ2) is 11.3. The molecule has 5 nitrogen and oxygen atoms in total. The van der Waals surface area contributed by atoms with Crippen molar-refractivity contribution >= 4 is 99.1 Å². The highest BCUT2D eigenvalue weighted by molar-refractivity contribution is 6.43. The molecule has 0 unspecified atom stereocenters. The third-order valence-electron chi connectivity index (χ3n) is 2.72. The molecule has 28 heavy (non-hydrogen) atoms. The van der Waals surface area contributed by atoms with E-state index in [4.69, 9.17) is 91.0 Å². The molecule has 0 amide bonds. The number of carboxylic acid groups (broad SMARTS) is 1. The van der Waals surface area contributed by atoms with Crippen molar-refractivity contribution in [3.8, 4) is 0 Å². The summed E-state index contributed by atoms with van der Waals surface area (Å²) in [6.45, 7) is 0. The Morgan fingerprint density at radius 1 is 0.714 bits per heavy atom. The Labute approximate surface area is 193 Å². The van der Waals surface area contributed by atoms with E-state index in [1.807, 2.05) is 0 Å². The Morgan fingerprint density at radius 3 is 1.18 bits per heavy atom. The number of rotatable bonds is 3. The number of hydrogen-bond acceptors (Lipinski definition) is 4. The molecular weight excluding hydrogens is 520 g/mol. The Morgan fingerprint density at radius 2 is 0.964 bits per heavy atom. The number of carboxylic acids is 1. The molecule has 12 heteroatoms. The summed E-state index contributed by atoms with van der Waals surface area (Å²) >= 11 is 39.8. The average molecular weight is 527 g/mol. The van der Waals surface area contributed by atoms with Gasteiger partial charge in [0.05, 0.1) is 31.2 Å². The summed E-state index contributed by atoms with van der Waals surface area (Å²) < 4.78 is 4.72. The lowest BCUT2D eigenvalue weighted by Crippen LogP contribution is -2.14. The van der Waals surface area contributed by atoms with E-state index in [2.05, 4.69) is 0 Å². The number of esters is 2. The highest BCUT2D eigenvalue weighted by Crippen LogP contribution is 2.32. The fourth-order valence-electron chi connectivity index (χ4n) is 1.66. The van der Waals surface area contributed by atoms with Gasteiger partial charge >= 0.3 is 17.9 Å². The fraction of sp³-hybridized carbons (Fsp3) is 0.0625. The van der Waals surface area contributed by atoms with Crippen LogP contribution in [-0.2, 0) is 9.53 Å². The lowest BCUT2D eigenvalue weighted by atomic mass is 10.2. The molecular formula is C16H7Cl7O5. The van der Waals surface area contributed by atoms with E-state index in [1.54, 1.807) is 0 Å². The minimum absolute atomic E-state index is 0.0615. The van der Waals surface area contributed by atoms with Gasteiger partial charge < -0.3 is 9.84 Å². The van der Waals surface area contributed by atoms with Gasteiger partial charge in [0.2, 0.25) is 0 Å². The van der Waals surface area contributed by atoms with Gasteiger partial charge in [0.25, 0.3) is 0 Å². The van der Waals surface area contributed by atoms with Gasteiger partial charge in [-0.25, -0.2) is 9.59 Å². The topological polar surface area (TPSA) is 80.7 Å². The Kier molecular flexibility index (Phi) is 10.1. The molecule has 0 radical (unpaired) electrons. The summed E-state index contributed by atoms with van der Waals surface area (Å²) in [5.74, 6) is -3.42. The Bertz CT molecular complexity index is 816. The van der Waals surface area contributed by atoms with Crippen LogP contribution in [0.5, 0.6) is 0 Å².